The Kier molecular flexibility index (Phi) is 7.01. The molecule has 1 aromatic rings. The molecule has 0 radical (unpaired) electrons. The number of benzene rings is 1. The van der Waals surface area contributed by atoms with Gasteiger partial charge in [-0.1, -0.05) is 0 Å². The van der Waals surface area contributed by atoms with Crippen LogP contribution in [0.25, 0.3) is 0 Å². The molecule has 1 atom stereocenters. The Hall–Kier alpha value is -1.62. The van der Waals surface area contributed by atoms with Crippen LogP contribution in [0.2, 0.25) is 0 Å². The summed E-state index contributed by atoms with van der Waals surface area (Å²) in [6.45, 7) is 3.03. The van der Waals surface area contributed by atoms with Crippen molar-refractivity contribution in [3.8, 4) is 5.75 Å². The Bertz CT molecular complexity index is 407. The SMILES string of the molecule is CC(N)CCC(=O)N(C)CCCOc1ccc(F)cc1. The number of ether oxygens (including phenoxy) is 1. The van der Waals surface area contributed by atoms with Gasteiger partial charge < -0.3 is 15.4 Å². The van der Waals surface area contributed by atoms with Gasteiger partial charge in [0.25, 0.3) is 0 Å². The normalized spacial score (nSPS) is 12.0. The average Bonchev–Trinajstić information content (AvgIpc) is 2.42. The van der Waals surface area contributed by atoms with Crippen molar-refractivity contribution in [2.75, 3.05) is 20.2 Å². The lowest BCUT2D eigenvalue weighted by Crippen LogP contribution is -2.30. The molecule has 0 aliphatic rings. The summed E-state index contributed by atoms with van der Waals surface area (Å²) in [6, 6.07) is 5.95. The van der Waals surface area contributed by atoms with E-state index in [1.807, 2.05) is 6.92 Å². The second-order valence-electron chi connectivity index (χ2n) is 4.99. The number of carbonyl (C=O) groups is 1. The van der Waals surface area contributed by atoms with Crippen LogP contribution >= 0.6 is 0 Å². The molecule has 0 saturated heterocycles. The lowest BCUT2D eigenvalue weighted by Gasteiger charge is -2.17. The third kappa shape index (κ3) is 6.52. The highest BCUT2D eigenvalue weighted by atomic mass is 19.1. The first-order valence-electron chi connectivity index (χ1n) is 6.87. The Morgan fingerprint density at radius 3 is 2.65 bits per heavy atom. The first kappa shape index (κ1) is 16.4. The molecule has 0 spiro atoms. The van der Waals surface area contributed by atoms with Crippen molar-refractivity contribution < 1.29 is 13.9 Å². The first-order chi connectivity index (χ1) is 9.49. The third-order valence-electron chi connectivity index (χ3n) is 2.96. The largest absolute Gasteiger partial charge is 0.494 e. The van der Waals surface area contributed by atoms with Gasteiger partial charge in [0.05, 0.1) is 6.61 Å². The number of amides is 1. The Morgan fingerprint density at radius 1 is 1.40 bits per heavy atom. The molecule has 5 heteroatoms. The number of nitrogens with zero attached hydrogens (tertiary/aromatic N) is 1. The summed E-state index contributed by atoms with van der Waals surface area (Å²) in [7, 11) is 1.78. The second kappa shape index (κ2) is 8.53. The Labute approximate surface area is 119 Å². The first-order valence-corrected chi connectivity index (χ1v) is 6.87. The number of carbonyl (C=O) groups excluding carboxylic acids is 1. The minimum Gasteiger partial charge on any atom is -0.494 e. The topological polar surface area (TPSA) is 55.6 Å². The van der Waals surface area contributed by atoms with Gasteiger partial charge >= 0.3 is 0 Å². The fraction of sp³-hybridized carbons (Fsp3) is 0.533. The summed E-state index contributed by atoms with van der Waals surface area (Å²) in [6.07, 6.45) is 1.92. The molecular weight excluding hydrogens is 259 g/mol. The predicted octanol–water partition coefficient (Wildman–Crippen LogP) is 2.18. The molecule has 0 bridgehead atoms. The fourth-order valence-corrected chi connectivity index (χ4v) is 1.69. The van der Waals surface area contributed by atoms with Gasteiger partial charge in [-0.15, -0.1) is 0 Å². The molecule has 0 heterocycles. The summed E-state index contributed by atoms with van der Waals surface area (Å²) in [5, 5.41) is 0. The molecule has 0 aliphatic carbocycles. The number of rotatable bonds is 8. The predicted molar refractivity (Wildman–Crippen MR) is 77.0 cm³/mol. The molecule has 20 heavy (non-hydrogen) atoms. The quantitative estimate of drug-likeness (QED) is 0.744. The van der Waals surface area contributed by atoms with E-state index in [1.54, 1.807) is 24.1 Å². The van der Waals surface area contributed by atoms with Crippen molar-refractivity contribution in [3.63, 3.8) is 0 Å². The molecule has 112 valence electrons. The van der Waals surface area contributed by atoms with Gasteiger partial charge in [0.1, 0.15) is 11.6 Å². The van der Waals surface area contributed by atoms with Crippen molar-refractivity contribution in [2.24, 2.45) is 5.73 Å². The summed E-state index contributed by atoms with van der Waals surface area (Å²) in [5.41, 5.74) is 5.62. The third-order valence-corrected chi connectivity index (χ3v) is 2.96. The van der Waals surface area contributed by atoms with Crippen LogP contribution in [0.4, 0.5) is 4.39 Å². The Morgan fingerprint density at radius 2 is 2.05 bits per heavy atom. The molecule has 0 fully saturated rings. The minimum absolute atomic E-state index is 0.0501. The van der Waals surface area contributed by atoms with Gasteiger partial charge in [0, 0.05) is 26.1 Å². The second-order valence-corrected chi connectivity index (χ2v) is 4.99. The molecular formula is C15H23FN2O2. The van der Waals surface area contributed by atoms with Crippen LogP contribution < -0.4 is 10.5 Å². The molecule has 0 aromatic heterocycles. The maximum Gasteiger partial charge on any atom is 0.222 e. The molecule has 2 N–H and O–H groups in total. The van der Waals surface area contributed by atoms with Crippen LogP contribution in [0.5, 0.6) is 5.75 Å². The van der Waals surface area contributed by atoms with Crippen molar-refractivity contribution in [2.45, 2.75) is 32.2 Å². The molecule has 4 nitrogen and oxygen atoms in total. The summed E-state index contributed by atoms with van der Waals surface area (Å²) >= 11 is 0. The zero-order valence-electron chi connectivity index (χ0n) is 12.1. The molecule has 1 aromatic carbocycles. The van der Waals surface area contributed by atoms with Gasteiger partial charge in [-0.2, -0.15) is 0 Å². The standard InChI is InChI=1S/C15H23FN2O2/c1-12(17)4-9-15(19)18(2)10-3-11-20-14-7-5-13(16)6-8-14/h5-8,12H,3-4,9-11,17H2,1-2H3. The number of hydrogen-bond donors (Lipinski definition) is 1. The van der Waals surface area contributed by atoms with E-state index in [0.717, 1.165) is 6.42 Å². The number of nitrogens with two attached hydrogens (primary N) is 1. The fourth-order valence-electron chi connectivity index (χ4n) is 1.69. The zero-order chi connectivity index (χ0) is 15.0. The van der Waals surface area contributed by atoms with Crippen LogP contribution in [0.3, 0.4) is 0 Å². The highest BCUT2D eigenvalue weighted by molar-refractivity contribution is 5.75. The maximum absolute atomic E-state index is 12.7. The smallest absolute Gasteiger partial charge is 0.222 e. The highest BCUT2D eigenvalue weighted by Gasteiger charge is 2.09. The van der Waals surface area contributed by atoms with Crippen LogP contribution in [0, 0.1) is 5.82 Å². The van der Waals surface area contributed by atoms with Crippen molar-refractivity contribution in [1.29, 1.82) is 0 Å². The van der Waals surface area contributed by atoms with Gasteiger partial charge in [-0.25, -0.2) is 4.39 Å². The lowest BCUT2D eigenvalue weighted by atomic mass is 10.2. The van der Waals surface area contributed by atoms with Crippen LogP contribution in [0.1, 0.15) is 26.2 Å². The van der Waals surface area contributed by atoms with Gasteiger partial charge in [0.15, 0.2) is 0 Å². The van der Waals surface area contributed by atoms with Crippen LogP contribution in [0.15, 0.2) is 24.3 Å². The monoisotopic (exact) mass is 282 g/mol. The van der Waals surface area contributed by atoms with E-state index in [2.05, 4.69) is 0 Å². The van der Waals surface area contributed by atoms with E-state index in [9.17, 15) is 9.18 Å². The van der Waals surface area contributed by atoms with Crippen molar-refractivity contribution >= 4 is 5.91 Å². The lowest BCUT2D eigenvalue weighted by molar-refractivity contribution is -0.130. The summed E-state index contributed by atoms with van der Waals surface area (Å²) in [4.78, 5) is 13.4. The van der Waals surface area contributed by atoms with E-state index in [1.165, 1.54) is 12.1 Å². The van der Waals surface area contributed by atoms with E-state index in [4.69, 9.17) is 10.5 Å². The van der Waals surface area contributed by atoms with Crippen molar-refractivity contribution in [3.05, 3.63) is 30.1 Å². The van der Waals surface area contributed by atoms with Gasteiger partial charge in [0.2, 0.25) is 5.91 Å². The van der Waals surface area contributed by atoms with E-state index >= 15 is 0 Å². The number of halogens is 1. The number of hydrogen-bond acceptors (Lipinski definition) is 3. The van der Waals surface area contributed by atoms with E-state index in [-0.39, 0.29) is 17.8 Å². The molecule has 1 unspecified atom stereocenters. The van der Waals surface area contributed by atoms with Crippen molar-refractivity contribution in [1.82, 2.24) is 4.90 Å². The summed E-state index contributed by atoms with van der Waals surface area (Å²) in [5.74, 6) is 0.457. The molecule has 0 saturated carbocycles. The Balaban J connectivity index is 2.16. The van der Waals surface area contributed by atoms with Gasteiger partial charge in [-0.3, -0.25) is 4.79 Å². The van der Waals surface area contributed by atoms with Crippen LogP contribution in [-0.2, 0) is 4.79 Å². The molecule has 1 amide bonds. The highest BCUT2D eigenvalue weighted by Crippen LogP contribution is 2.11. The van der Waals surface area contributed by atoms with Gasteiger partial charge in [-0.05, 0) is 44.0 Å². The summed E-state index contributed by atoms with van der Waals surface area (Å²) < 4.78 is 18.2. The van der Waals surface area contributed by atoms with E-state index in [0.29, 0.717) is 31.7 Å². The molecule has 1 rings (SSSR count). The average molecular weight is 282 g/mol. The maximum atomic E-state index is 12.7. The minimum atomic E-state index is -0.281. The zero-order valence-corrected chi connectivity index (χ0v) is 12.1. The van der Waals surface area contributed by atoms with Crippen LogP contribution in [-0.4, -0.2) is 37.0 Å². The van der Waals surface area contributed by atoms with E-state index < -0.39 is 0 Å². The molecule has 0 aliphatic heterocycles.